The first-order valence-electron chi connectivity index (χ1n) is 11.1. The highest BCUT2D eigenvalue weighted by atomic mass is 16.2. The molecule has 0 aromatic carbocycles. The molecule has 6 rings (SSSR count). The third-order valence-corrected chi connectivity index (χ3v) is 7.80. The summed E-state index contributed by atoms with van der Waals surface area (Å²) in [5.41, 5.74) is -0.00710. The van der Waals surface area contributed by atoms with E-state index >= 15 is 0 Å². The molecule has 1 aliphatic heterocycles. The van der Waals surface area contributed by atoms with Crippen molar-refractivity contribution in [3.8, 4) is 0 Å². The van der Waals surface area contributed by atoms with Gasteiger partial charge in [-0.25, -0.2) is 9.97 Å². The third-order valence-electron chi connectivity index (χ3n) is 7.80. The normalized spacial score (nSPS) is 34.6. The highest BCUT2D eigenvalue weighted by molar-refractivity contribution is 5.83. The van der Waals surface area contributed by atoms with E-state index < -0.39 is 0 Å². The topological polar surface area (TPSA) is 52.6 Å². The zero-order chi connectivity index (χ0) is 19.1. The van der Waals surface area contributed by atoms with Crippen LogP contribution in [0.15, 0.2) is 18.5 Å². The molecule has 5 aliphatic rings. The third kappa shape index (κ3) is 3.40. The summed E-state index contributed by atoms with van der Waals surface area (Å²) in [6.45, 7) is 5.75. The van der Waals surface area contributed by atoms with Gasteiger partial charge in [0.05, 0.1) is 5.41 Å². The second kappa shape index (κ2) is 7.29. The SMILES string of the molecule is CN(CCN1CCN(c2ncccn2)CC1)C(=O)C12CC3CC(CC(C3)C1)C2. The zero-order valence-corrected chi connectivity index (χ0v) is 17.1. The molecule has 152 valence electrons. The van der Waals surface area contributed by atoms with Crippen LogP contribution in [0.3, 0.4) is 0 Å². The van der Waals surface area contributed by atoms with Gasteiger partial charge in [-0.2, -0.15) is 0 Å². The van der Waals surface area contributed by atoms with Crippen LogP contribution in [0.5, 0.6) is 0 Å². The van der Waals surface area contributed by atoms with E-state index in [2.05, 4.69) is 24.7 Å². The molecule has 6 heteroatoms. The van der Waals surface area contributed by atoms with E-state index in [0.29, 0.717) is 5.91 Å². The summed E-state index contributed by atoms with van der Waals surface area (Å²) in [7, 11) is 2.04. The Morgan fingerprint density at radius 2 is 1.61 bits per heavy atom. The molecule has 6 nitrogen and oxygen atoms in total. The van der Waals surface area contributed by atoms with Gasteiger partial charge >= 0.3 is 0 Å². The average molecular weight is 384 g/mol. The maximum absolute atomic E-state index is 13.4. The monoisotopic (exact) mass is 383 g/mol. The predicted molar refractivity (Wildman–Crippen MR) is 109 cm³/mol. The summed E-state index contributed by atoms with van der Waals surface area (Å²) < 4.78 is 0. The van der Waals surface area contributed by atoms with Crippen molar-refractivity contribution in [3.63, 3.8) is 0 Å². The molecule has 0 atom stereocenters. The van der Waals surface area contributed by atoms with E-state index in [0.717, 1.165) is 63.0 Å². The van der Waals surface area contributed by atoms with Gasteiger partial charge in [-0.1, -0.05) is 0 Å². The van der Waals surface area contributed by atoms with Crippen LogP contribution >= 0.6 is 0 Å². The standard InChI is InChI=1S/C22H33N5O/c1-25(20(28)22-14-17-11-18(15-22)13-19(12-17)16-22)5-6-26-7-9-27(10-8-26)21-23-3-2-4-24-21/h2-4,17-19H,5-16H2,1H3. The van der Waals surface area contributed by atoms with Gasteiger partial charge in [0.2, 0.25) is 11.9 Å². The first-order valence-corrected chi connectivity index (χ1v) is 11.1. The average Bonchev–Trinajstić information content (AvgIpc) is 2.71. The summed E-state index contributed by atoms with van der Waals surface area (Å²) in [4.78, 5) is 28.9. The van der Waals surface area contributed by atoms with Crippen LogP contribution in [0, 0.1) is 23.2 Å². The van der Waals surface area contributed by atoms with Crippen molar-refractivity contribution in [2.24, 2.45) is 23.2 Å². The molecule has 2 heterocycles. The minimum absolute atomic E-state index is 0.00710. The number of amides is 1. The first kappa shape index (κ1) is 18.3. The molecule has 1 saturated heterocycles. The lowest BCUT2D eigenvalue weighted by Gasteiger charge is -2.56. The molecule has 5 fully saturated rings. The lowest BCUT2D eigenvalue weighted by molar-refractivity contribution is -0.156. The molecule has 0 radical (unpaired) electrons. The molecule has 4 bridgehead atoms. The molecule has 28 heavy (non-hydrogen) atoms. The Balaban J connectivity index is 1.12. The fraction of sp³-hybridized carbons (Fsp3) is 0.773. The van der Waals surface area contributed by atoms with Gasteiger partial charge in [-0.05, 0) is 62.3 Å². The molecule has 1 aromatic heterocycles. The molecular weight excluding hydrogens is 350 g/mol. The Kier molecular flexibility index (Phi) is 4.77. The Hall–Kier alpha value is -1.69. The number of aromatic nitrogens is 2. The Bertz CT molecular complexity index is 665. The summed E-state index contributed by atoms with van der Waals surface area (Å²) in [5.74, 6) is 3.77. The summed E-state index contributed by atoms with van der Waals surface area (Å²) >= 11 is 0. The van der Waals surface area contributed by atoms with Crippen LogP contribution in [0.25, 0.3) is 0 Å². The van der Waals surface area contributed by atoms with Crippen LogP contribution in [0.4, 0.5) is 5.95 Å². The largest absolute Gasteiger partial charge is 0.344 e. The van der Waals surface area contributed by atoms with Gasteiger partial charge in [0.15, 0.2) is 0 Å². The van der Waals surface area contributed by atoms with E-state index in [-0.39, 0.29) is 5.41 Å². The smallest absolute Gasteiger partial charge is 0.228 e. The Morgan fingerprint density at radius 3 is 2.18 bits per heavy atom. The number of hydrogen-bond donors (Lipinski definition) is 0. The van der Waals surface area contributed by atoms with Crippen LogP contribution < -0.4 is 4.90 Å². The Morgan fingerprint density at radius 1 is 1.04 bits per heavy atom. The number of piperazine rings is 1. The van der Waals surface area contributed by atoms with Gasteiger partial charge in [0, 0.05) is 58.7 Å². The zero-order valence-electron chi connectivity index (χ0n) is 17.1. The summed E-state index contributed by atoms with van der Waals surface area (Å²) in [5, 5.41) is 0. The van der Waals surface area contributed by atoms with E-state index in [1.807, 2.05) is 13.1 Å². The van der Waals surface area contributed by atoms with Crippen LogP contribution in [0.1, 0.15) is 38.5 Å². The minimum Gasteiger partial charge on any atom is -0.344 e. The molecule has 4 aliphatic carbocycles. The van der Waals surface area contributed by atoms with Gasteiger partial charge in [-0.3, -0.25) is 9.69 Å². The minimum atomic E-state index is -0.00710. The second-order valence-corrected chi connectivity index (χ2v) is 9.80. The number of carbonyl (C=O) groups excluding carboxylic acids is 1. The second-order valence-electron chi connectivity index (χ2n) is 9.80. The molecule has 1 aromatic rings. The van der Waals surface area contributed by atoms with Crippen molar-refractivity contribution < 1.29 is 4.79 Å². The number of rotatable bonds is 5. The quantitative estimate of drug-likeness (QED) is 0.781. The van der Waals surface area contributed by atoms with Crippen LogP contribution in [-0.2, 0) is 4.79 Å². The number of anilines is 1. The highest BCUT2D eigenvalue weighted by Crippen LogP contribution is 2.60. The van der Waals surface area contributed by atoms with E-state index in [4.69, 9.17) is 0 Å². The maximum atomic E-state index is 13.4. The van der Waals surface area contributed by atoms with Crippen LogP contribution in [-0.4, -0.2) is 72.0 Å². The van der Waals surface area contributed by atoms with Crippen molar-refractivity contribution >= 4 is 11.9 Å². The van der Waals surface area contributed by atoms with Gasteiger partial charge in [-0.15, -0.1) is 0 Å². The molecule has 0 spiro atoms. The molecular formula is C22H33N5O. The highest BCUT2D eigenvalue weighted by Gasteiger charge is 2.55. The summed E-state index contributed by atoms with van der Waals surface area (Å²) in [6, 6.07) is 1.86. The van der Waals surface area contributed by atoms with Crippen molar-refractivity contribution in [1.29, 1.82) is 0 Å². The van der Waals surface area contributed by atoms with Gasteiger partial charge in [0.25, 0.3) is 0 Å². The van der Waals surface area contributed by atoms with E-state index in [1.165, 1.54) is 38.5 Å². The van der Waals surface area contributed by atoms with Gasteiger partial charge in [0.1, 0.15) is 0 Å². The van der Waals surface area contributed by atoms with E-state index in [9.17, 15) is 4.79 Å². The lowest BCUT2D eigenvalue weighted by atomic mass is 9.49. The predicted octanol–water partition coefficient (Wildman–Crippen LogP) is 2.27. The molecule has 0 N–H and O–H groups in total. The number of carbonyl (C=O) groups is 1. The fourth-order valence-corrected chi connectivity index (χ4v) is 6.80. The van der Waals surface area contributed by atoms with Crippen molar-refractivity contribution in [1.82, 2.24) is 19.8 Å². The molecule has 1 amide bonds. The van der Waals surface area contributed by atoms with Gasteiger partial charge < -0.3 is 9.80 Å². The lowest BCUT2D eigenvalue weighted by Crippen LogP contribution is -2.55. The van der Waals surface area contributed by atoms with E-state index in [1.54, 1.807) is 12.4 Å². The fourth-order valence-electron chi connectivity index (χ4n) is 6.80. The maximum Gasteiger partial charge on any atom is 0.228 e. The van der Waals surface area contributed by atoms with Crippen molar-refractivity contribution in [2.75, 3.05) is 51.2 Å². The Labute approximate surface area is 168 Å². The summed E-state index contributed by atoms with van der Waals surface area (Å²) in [6.07, 6.45) is 11.3. The van der Waals surface area contributed by atoms with Crippen LogP contribution in [0.2, 0.25) is 0 Å². The number of likely N-dealkylation sites (N-methyl/N-ethyl adjacent to an activating group) is 1. The number of hydrogen-bond acceptors (Lipinski definition) is 5. The van der Waals surface area contributed by atoms with Crippen molar-refractivity contribution in [2.45, 2.75) is 38.5 Å². The molecule has 0 unspecified atom stereocenters. The number of nitrogens with zero attached hydrogens (tertiary/aromatic N) is 5. The first-order chi connectivity index (χ1) is 13.6. The molecule has 4 saturated carbocycles. The van der Waals surface area contributed by atoms with Crippen molar-refractivity contribution in [3.05, 3.63) is 18.5 Å².